The molecule has 27 rings (SSSR count). The molecule has 598 valence electrons. The zero-order valence-corrected chi connectivity index (χ0v) is 68.1. The highest BCUT2D eigenvalue weighted by Crippen LogP contribution is 2.55. The molecule has 26 aromatic rings. The number of furan rings is 3. The van der Waals surface area contributed by atoms with Gasteiger partial charge in [0.25, 0.3) is 0 Å². The Morgan fingerprint density at radius 1 is 0.180 bits per heavy atom. The van der Waals surface area contributed by atoms with E-state index in [-0.39, 0.29) is 146 Å². The summed E-state index contributed by atoms with van der Waals surface area (Å²) in [5.41, 5.74) is 13.1. The van der Waals surface area contributed by atoms with Gasteiger partial charge in [-0.25, -0.2) is 0 Å². The highest BCUT2D eigenvalue weighted by Gasteiger charge is 2.36. The fourth-order valence-electron chi connectivity index (χ4n) is 19.5. The van der Waals surface area contributed by atoms with Gasteiger partial charge < -0.3 is 13.3 Å². The Bertz CT molecular complexity index is 10800. The Hall–Kier alpha value is -16.5. The van der Waals surface area contributed by atoms with E-state index in [0.29, 0.717) is 50.1 Å². The topological polar surface area (TPSA) is 39.4 Å². The summed E-state index contributed by atoms with van der Waals surface area (Å²) < 4.78 is 296. The quantitative estimate of drug-likeness (QED) is 0.142. The molecule has 0 bridgehead atoms. The molecule has 1 aliphatic rings. The summed E-state index contributed by atoms with van der Waals surface area (Å²) in [6, 6.07) is 67.8. The normalized spacial score (nSPS) is 15.8. The van der Waals surface area contributed by atoms with Crippen molar-refractivity contribution in [1.29, 1.82) is 0 Å². The molecule has 3 heterocycles. The molecule has 0 fully saturated rings. The molecule has 0 spiro atoms. The minimum Gasteiger partial charge on any atom is -0.456 e. The average Bonchev–Trinajstić information content (AvgIpc) is 1.27. The summed E-state index contributed by atoms with van der Waals surface area (Å²) in [6.45, 7) is 4.11. The highest BCUT2D eigenvalue weighted by atomic mass is 16.3. The molecular formula is C125H80O3. The largest absolute Gasteiger partial charge is 0.456 e. The Morgan fingerprint density at radius 2 is 0.516 bits per heavy atom. The van der Waals surface area contributed by atoms with Gasteiger partial charge in [0.15, 0.2) is 0 Å². The minimum atomic E-state index is -0.709. The number of rotatable bonds is 8. The maximum atomic E-state index is 9.41. The zero-order chi connectivity index (χ0) is 112. The molecule has 3 heteroatoms. The van der Waals surface area contributed by atoms with E-state index in [1.807, 2.05) is 182 Å². The Kier molecular flexibility index (Phi) is 11.5. The molecule has 3 nitrogen and oxygen atoms in total. The van der Waals surface area contributed by atoms with Crippen LogP contribution in [0.25, 0.3) is 252 Å². The molecule has 0 amide bonds. The van der Waals surface area contributed by atoms with E-state index in [1.165, 1.54) is 0 Å². The second-order valence-corrected chi connectivity index (χ2v) is 32.2. The fourth-order valence-corrected chi connectivity index (χ4v) is 19.5. The van der Waals surface area contributed by atoms with Crippen LogP contribution in [-0.4, -0.2) is 0 Å². The molecule has 3 aromatic heterocycles. The lowest BCUT2D eigenvalue weighted by Gasteiger charge is -2.23. The lowest BCUT2D eigenvalue weighted by atomic mass is 9.80. The molecule has 0 unspecified atom stereocenters. The van der Waals surface area contributed by atoms with Crippen molar-refractivity contribution in [1.82, 2.24) is 0 Å². The van der Waals surface area contributed by atoms with Gasteiger partial charge in [0, 0.05) is 37.7 Å². The van der Waals surface area contributed by atoms with Crippen molar-refractivity contribution >= 4 is 152 Å². The van der Waals surface area contributed by atoms with E-state index < -0.39 is 150 Å². The average molecular weight is 1660 g/mol. The van der Waals surface area contributed by atoms with Crippen molar-refractivity contribution in [3.8, 4) is 100 Å². The monoisotopic (exact) mass is 1660 g/mol. The first kappa shape index (κ1) is 49.1. The van der Waals surface area contributed by atoms with Crippen molar-refractivity contribution in [2.45, 2.75) is 19.3 Å². The van der Waals surface area contributed by atoms with Crippen LogP contribution in [0.1, 0.15) is 67.5 Å². The van der Waals surface area contributed by atoms with E-state index in [4.69, 9.17) is 40.7 Å². The molecule has 0 atom stereocenters. The predicted molar refractivity (Wildman–Crippen MR) is 542 cm³/mol. The highest BCUT2D eigenvalue weighted by molar-refractivity contribution is 6.29. The van der Waals surface area contributed by atoms with E-state index in [0.717, 1.165) is 110 Å². The summed E-state index contributed by atoms with van der Waals surface area (Å²) in [5, 5.41) is 7.74. The molecule has 23 aromatic carbocycles. The Balaban J connectivity index is 0.000000122. The van der Waals surface area contributed by atoms with E-state index in [1.54, 1.807) is 54.6 Å². The smallest absolute Gasteiger partial charge is 0.136 e. The van der Waals surface area contributed by atoms with Crippen LogP contribution in [0.15, 0.2) is 461 Å². The van der Waals surface area contributed by atoms with Gasteiger partial charge in [-0.1, -0.05) is 407 Å². The van der Waals surface area contributed by atoms with Gasteiger partial charge >= 0.3 is 0 Å². The molecule has 1 aliphatic carbocycles. The molecule has 128 heavy (non-hydrogen) atoms. The number of hydrogen-bond acceptors (Lipinski definition) is 3. The van der Waals surface area contributed by atoms with Crippen LogP contribution >= 0.6 is 0 Å². The van der Waals surface area contributed by atoms with Crippen LogP contribution in [-0.2, 0) is 5.41 Å². The first-order valence-electron chi connectivity index (χ1n) is 57.2. The van der Waals surface area contributed by atoms with Gasteiger partial charge in [0.2, 0.25) is 0 Å². The van der Waals surface area contributed by atoms with Crippen LogP contribution in [0.3, 0.4) is 0 Å². The number of hydrogen-bond donors (Lipinski definition) is 0. The third-order valence-electron chi connectivity index (χ3n) is 25.0. The third kappa shape index (κ3) is 11.8. The fraction of sp³-hybridized carbons (Fsp3) is 0.0240. The van der Waals surface area contributed by atoms with Gasteiger partial charge in [-0.15, -0.1) is 0 Å². The minimum absolute atomic E-state index is 0.0854. The molecule has 0 saturated carbocycles. The Morgan fingerprint density at radius 3 is 1.05 bits per heavy atom. The van der Waals surface area contributed by atoms with Crippen molar-refractivity contribution in [2.24, 2.45) is 0 Å². The summed E-state index contributed by atoms with van der Waals surface area (Å²) in [4.78, 5) is 0. The standard InChI is InChI=1S/2C42H26O.C41H28O/c1-2-11-27(12-3-1)40-33-13-4-6-15-35(33)41(36-16-7-5-14-34(36)40)31-24-22-28-25-30(23-21-29(28)26-31)32-18-10-20-39-42(32)37-17-8-9-19-38(37)43-39;1-2-13-27(14-3-1)40-32-17-6-8-19-34(32)41(35-20-9-7-18-33(35)40)36-26-25-30(28-15-4-5-16-29(28)36)31-22-12-24-39-42(31)37-21-10-11-23-38(37)43-39;1-41(2)34-19-9-7-12-26(34)27-23-22-25(24-35(27)41)38-28-13-3-5-15-30(28)39(31-16-6-4-14-29(31)38)33-18-11-21-37-40(33)32-17-8-10-20-36(32)42-37/h2*1-26H;3-24H,1-2H3/i4D,5D,6D,7D,13D,14D,15D,16D;6D,7D,8D,9D,17D,18D,19D,20D;3D,4D,5D,6D,8D,10D,11D,13D,14D,15D,16D,17D,18D,20D,21D. The van der Waals surface area contributed by atoms with Gasteiger partial charge in [0.05, 0.1) is 42.5 Å². The second kappa shape index (κ2) is 29.9. The lowest BCUT2D eigenvalue weighted by Crippen LogP contribution is -2.14. The molecule has 0 aliphatic heterocycles. The first-order chi connectivity index (χ1) is 76.2. The van der Waals surface area contributed by atoms with Crippen molar-refractivity contribution in [3.05, 3.63) is 459 Å². The molecule has 0 radical (unpaired) electrons. The van der Waals surface area contributed by atoms with E-state index in [9.17, 15) is 15.1 Å². The van der Waals surface area contributed by atoms with Crippen molar-refractivity contribution in [2.75, 3.05) is 0 Å². The lowest BCUT2D eigenvalue weighted by molar-refractivity contribution is 0.660. The van der Waals surface area contributed by atoms with Crippen LogP contribution in [0.4, 0.5) is 0 Å². The summed E-state index contributed by atoms with van der Waals surface area (Å²) in [5.74, 6) is 0. The van der Waals surface area contributed by atoms with E-state index >= 15 is 0 Å². The van der Waals surface area contributed by atoms with Crippen LogP contribution in [0.5, 0.6) is 0 Å². The Labute approximate surface area is 783 Å². The van der Waals surface area contributed by atoms with Crippen LogP contribution in [0.2, 0.25) is 0 Å². The molecule has 0 N–H and O–H groups in total. The second-order valence-electron chi connectivity index (χ2n) is 32.2. The maximum Gasteiger partial charge on any atom is 0.136 e. The predicted octanol–water partition coefficient (Wildman–Crippen LogP) is 35.6. The van der Waals surface area contributed by atoms with Crippen LogP contribution in [0, 0.1) is 0 Å². The van der Waals surface area contributed by atoms with Gasteiger partial charge in [-0.2, -0.15) is 0 Å². The number of fused-ring (bicyclic) bond motifs is 20. The van der Waals surface area contributed by atoms with Crippen molar-refractivity contribution < 1.29 is 55.7 Å². The summed E-state index contributed by atoms with van der Waals surface area (Å²) in [6.07, 6.45) is 0. The molecular weight excluding hydrogens is 1550 g/mol. The third-order valence-corrected chi connectivity index (χ3v) is 25.0. The van der Waals surface area contributed by atoms with Gasteiger partial charge in [-0.05, 0) is 252 Å². The van der Waals surface area contributed by atoms with Gasteiger partial charge in [0.1, 0.15) is 33.5 Å². The van der Waals surface area contributed by atoms with Crippen molar-refractivity contribution in [3.63, 3.8) is 0 Å². The number of para-hydroxylation sites is 3. The maximum absolute atomic E-state index is 9.41. The summed E-state index contributed by atoms with van der Waals surface area (Å²) in [7, 11) is 0. The zero-order valence-electron chi connectivity index (χ0n) is 99.1. The first-order valence-corrected chi connectivity index (χ1v) is 41.7. The number of benzene rings is 23. The summed E-state index contributed by atoms with van der Waals surface area (Å²) >= 11 is 0. The van der Waals surface area contributed by atoms with Gasteiger partial charge in [-0.3, -0.25) is 0 Å². The SMILES string of the molecule is [2H]c1c([2H])c([2H])c2c(-c3ccc(-c4cccc5oc6ccccc6c45)c4ccccc34)c3c([2H])c([2H])c([2H])c([2H])c3c(-c3ccccc3)c2c1[2H].[2H]c1c([2H])c([2H])c2c(-c3ccc4cc(-c5cccc6oc7ccccc7c56)ccc4c3)c3c([2H])c([2H])c([2H])c([2H])c3c(-c3ccccc3)c2c1[2H].[2H]c1c([2H])c([2H])c2c(oc3c([2H])c([2H])c([2H])c(-c4c5c([2H])c([2H])c([2H])c([2H])c5c(-c5ccc6c(c5)C(C)(C)c5ccccc5-6)c5c([2H])c([2H])c([2H])c([2H])c45)c32)c1[2H]. The van der Waals surface area contributed by atoms with E-state index in [2.05, 4.69) is 38.1 Å². The molecule has 0 saturated heterocycles. The van der Waals surface area contributed by atoms with Crippen LogP contribution < -0.4 is 0 Å².